The van der Waals surface area contributed by atoms with E-state index in [1.165, 1.54) is 0 Å². The molecular weight excluding hydrogens is 492 g/mol. The number of allylic oxidation sites excluding steroid dienone is 3. The van der Waals surface area contributed by atoms with Gasteiger partial charge in [0, 0.05) is 47.8 Å². The zero-order valence-corrected chi connectivity index (χ0v) is 23.0. The van der Waals surface area contributed by atoms with E-state index in [2.05, 4.69) is 30.2 Å². The molecule has 39 heavy (non-hydrogen) atoms. The van der Waals surface area contributed by atoms with Crippen molar-refractivity contribution in [1.82, 2.24) is 10.3 Å². The van der Waals surface area contributed by atoms with Crippen molar-refractivity contribution in [2.45, 2.75) is 71.1 Å². The van der Waals surface area contributed by atoms with Crippen LogP contribution in [0.1, 0.15) is 52.5 Å². The standard InChI is InChI=1S/C32H36N2O5/c1-17-8-7-10-22-29-31(4,39-29)19(3)27-24(15-20-16-33-23-11-6-5-9-21(20)23)34-30(38)32(22,27)26(36)13-12-25(35)28(37)18(2)14-17/h5-7,9-11,14,16-17,19,22,24,27,29,33H,8,12-13,15H2,1-4H3,(H,34,38)/b10-7+,18-14-/t17-,19-,22-,24?,27-,29-,31+,32?/m0/s1. The first-order valence-electron chi connectivity index (χ1n) is 14.1. The normalized spacial score (nSPS) is 40.8. The molecule has 0 bridgehead atoms. The van der Waals surface area contributed by atoms with Crippen LogP contribution in [-0.4, -0.2) is 46.0 Å². The van der Waals surface area contributed by atoms with Gasteiger partial charge in [-0.1, -0.05) is 50.3 Å². The molecule has 7 heteroatoms. The highest BCUT2D eigenvalue weighted by atomic mass is 16.6. The molecule has 2 unspecified atom stereocenters. The summed E-state index contributed by atoms with van der Waals surface area (Å²) in [5.74, 6) is -2.47. The Hall–Kier alpha value is -3.32. The number of benzene rings is 1. The second-order valence-electron chi connectivity index (χ2n) is 12.2. The van der Waals surface area contributed by atoms with Crippen molar-refractivity contribution in [2.75, 3.05) is 0 Å². The van der Waals surface area contributed by atoms with Crippen LogP contribution in [0.3, 0.4) is 0 Å². The summed E-state index contributed by atoms with van der Waals surface area (Å²) in [5.41, 5.74) is 0.739. The molecule has 1 amide bonds. The molecular formula is C32H36N2O5. The van der Waals surface area contributed by atoms with Gasteiger partial charge in [-0.3, -0.25) is 19.2 Å². The smallest absolute Gasteiger partial charge is 0.235 e. The Morgan fingerprint density at radius 1 is 1.08 bits per heavy atom. The van der Waals surface area contributed by atoms with E-state index in [0.29, 0.717) is 18.4 Å². The second kappa shape index (κ2) is 9.12. The number of epoxide rings is 1. The van der Waals surface area contributed by atoms with Crippen LogP contribution in [0.15, 0.2) is 54.3 Å². The molecule has 0 radical (unpaired) electrons. The van der Waals surface area contributed by atoms with Crippen LogP contribution in [0.5, 0.6) is 0 Å². The lowest BCUT2D eigenvalue weighted by molar-refractivity contribution is -0.149. The molecule has 204 valence electrons. The molecule has 3 heterocycles. The fourth-order valence-electron chi connectivity index (χ4n) is 7.84. The number of nitrogens with one attached hydrogen (secondary N) is 2. The third-order valence-electron chi connectivity index (χ3n) is 9.99. The van der Waals surface area contributed by atoms with E-state index < -0.39 is 28.5 Å². The molecule has 7 nitrogen and oxygen atoms in total. The maximum atomic E-state index is 14.3. The quantitative estimate of drug-likeness (QED) is 0.262. The van der Waals surface area contributed by atoms with Gasteiger partial charge in [-0.25, -0.2) is 0 Å². The third-order valence-corrected chi connectivity index (χ3v) is 9.99. The van der Waals surface area contributed by atoms with E-state index in [4.69, 9.17) is 4.74 Å². The van der Waals surface area contributed by atoms with E-state index >= 15 is 0 Å². The lowest BCUT2D eigenvalue weighted by Crippen LogP contribution is -2.58. The van der Waals surface area contributed by atoms with Crippen LogP contribution in [-0.2, 0) is 30.3 Å². The Morgan fingerprint density at radius 2 is 1.85 bits per heavy atom. The van der Waals surface area contributed by atoms with Crippen molar-refractivity contribution in [3.63, 3.8) is 0 Å². The van der Waals surface area contributed by atoms with Gasteiger partial charge in [0.25, 0.3) is 0 Å². The maximum absolute atomic E-state index is 14.3. The predicted molar refractivity (Wildman–Crippen MR) is 147 cm³/mol. The Morgan fingerprint density at radius 3 is 2.64 bits per heavy atom. The number of aromatic nitrogens is 1. The zero-order valence-electron chi connectivity index (χ0n) is 23.0. The highest BCUT2D eigenvalue weighted by Gasteiger charge is 2.78. The number of amides is 1. The Kier molecular flexibility index (Phi) is 6.06. The number of ether oxygens (including phenoxy) is 1. The van der Waals surface area contributed by atoms with Crippen LogP contribution in [0, 0.1) is 29.1 Å². The van der Waals surface area contributed by atoms with E-state index in [1.807, 2.05) is 49.5 Å². The van der Waals surface area contributed by atoms with Gasteiger partial charge in [0.2, 0.25) is 17.5 Å². The van der Waals surface area contributed by atoms with Crippen molar-refractivity contribution in [2.24, 2.45) is 29.1 Å². The summed E-state index contributed by atoms with van der Waals surface area (Å²) in [5, 5.41) is 4.34. The Balaban J connectivity index is 1.44. The fourth-order valence-corrected chi connectivity index (χ4v) is 7.84. The predicted octanol–water partition coefficient (Wildman–Crippen LogP) is 4.26. The van der Waals surface area contributed by atoms with Gasteiger partial charge in [-0.05, 0) is 55.7 Å². The van der Waals surface area contributed by atoms with Gasteiger partial charge in [0.05, 0.1) is 11.7 Å². The van der Waals surface area contributed by atoms with E-state index in [-0.39, 0.29) is 54.4 Å². The number of hydrogen-bond acceptors (Lipinski definition) is 5. The molecule has 4 aliphatic rings. The Bertz CT molecular complexity index is 1450. The fraction of sp³-hybridized carbons (Fsp3) is 0.500. The summed E-state index contributed by atoms with van der Waals surface area (Å²) >= 11 is 0. The van der Waals surface area contributed by atoms with E-state index in [0.717, 1.165) is 16.5 Å². The van der Waals surface area contributed by atoms with E-state index in [9.17, 15) is 19.2 Å². The number of Topliss-reactive ketones (excluding diaryl/α,β-unsaturated/α-hetero) is 3. The molecule has 8 atom stereocenters. The van der Waals surface area contributed by atoms with Gasteiger partial charge in [-0.15, -0.1) is 0 Å². The average molecular weight is 529 g/mol. The lowest BCUT2D eigenvalue weighted by Gasteiger charge is -2.46. The number of carbonyl (C=O) groups is 4. The monoisotopic (exact) mass is 528 g/mol. The molecule has 1 saturated carbocycles. The van der Waals surface area contributed by atoms with Crippen molar-refractivity contribution >= 4 is 34.2 Å². The minimum Gasteiger partial charge on any atom is -0.365 e. The second-order valence-corrected chi connectivity index (χ2v) is 12.2. The van der Waals surface area contributed by atoms with E-state index in [1.54, 1.807) is 6.92 Å². The first-order valence-corrected chi connectivity index (χ1v) is 14.1. The molecule has 2 N–H and O–H groups in total. The SMILES string of the molecule is C/C1=C/[C@@H](C)C/C=C/[C@H]2[C@@H]3O[C@]3(C)[C@@H](C)[C@H]3C(Cc4c[nH]c5ccccc45)NC(=O)C32C(=O)CCC(=O)C1=O. The molecule has 2 aliphatic heterocycles. The van der Waals surface area contributed by atoms with Gasteiger partial charge in [0.1, 0.15) is 11.2 Å². The average Bonchev–Trinajstić information content (AvgIpc) is 3.31. The molecule has 1 aromatic heterocycles. The molecule has 6 rings (SSSR count). The molecule has 2 aromatic rings. The number of fused-ring (bicyclic) bond motifs is 3. The largest absolute Gasteiger partial charge is 0.365 e. The number of H-pyrrole nitrogens is 1. The zero-order chi connectivity index (χ0) is 27.7. The van der Waals surface area contributed by atoms with Crippen molar-refractivity contribution in [1.29, 1.82) is 0 Å². The summed E-state index contributed by atoms with van der Waals surface area (Å²) in [6.45, 7) is 7.83. The topological polar surface area (TPSA) is 109 Å². The Labute approximate surface area is 228 Å². The van der Waals surface area contributed by atoms with Crippen LogP contribution < -0.4 is 5.32 Å². The van der Waals surface area contributed by atoms with Gasteiger partial charge in [-0.2, -0.15) is 0 Å². The summed E-state index contributed by atoms with van der Waals surface area (Å²) in [4.78, 5) is 57.3. The molecule has 3 fully saturated rings. The van der Waals surface area contributed by atoms with Gasteiger partial charge < -0.3 is 15.0 Å². The number of hydrogen-bond donors (Lipinski definition) is 2. The lowest BCUT2D eigenvalue weighted by atomic mass is 9.51. The summed E-state index contributed by atoms with van der Waals surface area (Å²) in [7, 11) is 0. The number of carbonyl (C=O) groups excluding carboxylic acids is 4. The first kappa shape index (κ1) is 25.9. The van der Waals surface area contributed by atoms with Crippen LogP contribution in [0.2, 0.25) is 0 Å². The number of para-hydroxylation sites is 1. The molecule has 1 spiro atoms. The first-order chi connectivity index (χ1) is 18.6. The van der Waals surface area contributed by atoms with Crippen LogP contribution in [0.4, 0.5) is 0 Å². The number of aromatic amines is 1. The highest BCUT2D eigenvalue weighted by molar-refractivity contribution is 6.43. The van der Waals surface area contributed by atoms with Crippen LogP contribution in [0.25, 0.3) is 10.9 Å². The van der Waals surface area contributed by atoms with Crippen molar-refractivity contribution < 1.29 is 23.9 Å². The van der Waals surface area contributed by atoms with Crippen molar-refractivity contribution in [3.8, 4) is 0 Å². The van der Waals surface area contributed by atoms with Gasteiger partial charge in [0.15, 0.2) is 0 Å². The minimum atomic E-state index is -1.35. The summed E-state index contributed by atoms with van der Waals surface area (Å²) < 4.78 is 6.34. The molecule has 1 aromatic carbocycles. The number of rotatable bonds is 2. The summed E-state index contributed by atoms with van der Waals surface area (Å²) in [6, 6.07) is 7.79. The number of ketones is 3. The minimum absolute atomic E-state index is 0.0299. The van der Waals surface area contributed by atoms with Crippen LogP contribution >= 0.6 is 0 Å². The third kappa shape index (κ3) is 3.80. The summed E-state index contributed by atoms with van der Waals surface area (Å²) in [6.07, 6.45) is 8.46. The van der Waals surface area contributed by atoms with Gasteiger partial charge >= 0.3 is 0 Å². The maximum Gasteiger partial charge on any atom is 0.235 e. The molecule has 2 aliphatic carbocycles. The van der Waals surface area contributed by atoms with Crippen molar-refractivity contribution in [3.05, 3.63) is 59.8 Å². The molecule has 2 saturated heterocycles. The highest BCUT2D eigenvalue weighted by Crippen LogP contribution is 2.66.